The molecule has 7 heteroatoms. The molecule has 0 aliphatic rings. The van der Waals surface area contributed by atoms with E-state index in [9.17, 15) is 4.79 Å². The summed E-state index contributed by atoms with van der Waals surface area (Å²) in [5, 5.41) is 14.3. The first-order valence-electron chi connectivity index (χ1n) is 5.68. The molecule has 0 bridgehead atoms. The van der Waals surface area contributed by atoms with Crippen LogP contribution < -0.4 is 5.32 Å². The summed E-state index contributed by atoms with van der Waals surface area (Å²) in [6.45, 7) is 1.46. The molecule has 102 valence electrons. The van der Waals surface area contributed by atoms with Gasteiger partial charge in [0.25, 0.3) is 5.91 Å². The number of benzene rings is 1. The molecule has 2 rings (SSSR count). The van der Waals surface area contributed by atoms with Crippen LogP contribution in [-0.2, 0) is 0 Å². The Morgan fingerprint density at radius 3 is 2.85 bits per heavy atom. The second kappa shape index (κ2) is 6.12. The summed E-state index contributed by atoms with van der Waals surface area (Å²) in [5.74, 6) is -0.399. The third-order valence-electron chi connectivity index (χ3n) is 2.46. The minimum Gasteiger partial charge on any atom is -0.409 e. The van der Waals surface area contributed by atoms with Gasteiger partial charge in [-0.05, 0) is 25.1 Å². The van der Waals surface area contributed by atoms with Crippen LogP contribution in [0.3, 0.4) is 0 Å². The van der Waals surface area contributed by atoms with Crippen molar-refractivity contribution in [3.63, 3.8) is 0 Å². The number of hydrogen-bond acceptors (Lipinski definition) is 5. The summed E-state index contributed by atoms with van der Waals surface area (Å²) in [7, 11) is 0. The topological polar surface area (TPSA) is 87.5 Å². The minimum atomic E-state index is -0.481. The van der Waals surface area contributed by atoms with E-state index in [1.54, 1.807) is 18.2 Å². The normalized spacial score (nSPS) is 11.2. The lowest BCUT2D eigenvalue weighted by Crippen LogP contribution is -2.29. The first-order valence-corrected chi connectivity index (χ1v) is 6.06. The zero-order valence-electron chi connectivity index (χ0n) is 10.5. The number of carbonyl (C=O) groups excluding carboxylic acids is 1. The van der Waals surface area contributed by atoms with Gasteiger partial charge in [0.2, 0.25) is 0 Å². The maximum absolute atomic E-state index is 11.8. The van der Waals surface area contributed by atoms with Crippen LogP contribution in [0.15, 0.2) is 41.8 Å². The van der Waals surface area contributed by atoms with Crippen LogP contribution in [0.2, 0.25) is 5.02 Å². The van der Waals surface area contributed by atoms with Crippen LogP contribution in [-0.4, -0.2) is 26.9 Å². The summed E-state index contributed by atoms with van der Waals surface area (Å²) in [4.78, 5) is 19.8. The number of rotatable bonds is 2. The van der Waals surface area contributed by atoms with Gasteiger partial charge in [-0.25, -0.2) is 9.97 Å². The Bertz CT molecular complexity index is 673. The van der Waals surface area contributed by atoms with Gasteiger partial charge in [-0.15, -0.1) is 0 Å². The first-order chi connectivity index (χ1) is 9.60. The lowest BCUT2D eigenvalue weighted by molar-refractivity contribution is 0.0970. The van der Waals surface area contributed by atoms with E-state index in [1.165, 1.54) is 19.3 Å². The summed E-state index contributed by atoms with van der Waals surface area (Å²) >= 11 is 5.92. The van der Waals surface area contributed by atoms with Gasteiger partial charge in [0.05, 0.1) is 5.69 Å². The number of nitrogens with one attached hydrogen (secondary N) is 1. The van der Waals surface area contributed by atoms with Gasteiger partial charge < -0.3 is 10.5 Å². The lowest BCUT2D eigenvalue weighted by atomic mass is 10.1. The van der Waals surface area contributed by atoms with E-state index in [-0.39, 0.29) is 11.5 Å². The summed E-state index contributed by atoms with van der Waals surface area (Å²) in [5.41, 5.74) is 1.52. The molecule has 0 fully saturated rings. The Morgan fingerprint density at radius 2 is 2.15 bits per heavy atom. The fourth-order valence-corrected chi connectivity index (χ4v) is 1.73. The summed E-state index contributed by atoms with van der Waals surface area (Å²) < 4.78 is 0. The molecule has 2 N–H and O–H groups in total. The molecule has 20 heavy (non-hydrogen) atoms. The molecule has 0 radical (unpaired) electrons. The van der Waals surface area contributed by atoms with Crippen molar-refractivity contribution in [1.82, 2.24) is 15.3 Å². The SMILES string of the molecule is CC(=NO)NC(=O)c1cc(-c2cccc(Cl)c2)ncn1. The van der Waals surface area contributed by atoms with Crippen molar-refractivity contribution in [3.8, 4) is 11.3 Å². The number of halogens is 1. The van der Waals surface area contributed by atoms with Crippen LogP contribution in [0.4, 0.5) is 0 Å². The molecule has 0 aliphatic heterocycles. The monoisotopic (exact) mass is 290 g/mol. The van der Waals surface area contributed by atoms with Gasteiger partial charge in [0.1, 0.15) is 17.9 Å². The Morgan fingerprint density at radius 1 is 1.35 bits per heavy atom. The molecular formula is C13H11ClN4O2. The summed E-state index contributed by atoms with van der Waals surface area (Å²) in [6.07, 6.45) is 1.29. The van der Waals surface area contributed by atoms with E-state index in [4.69, 9.17) is 16.8 Å². The van der Waals surface area contributed by atoms with Crippen molar-refractivity contribution in [1.29, 1.82) is 0 Å². The van der Waals surface area contributed by atoms with E-state index in [2.05, 4.69) is 20.4 Å². The molecule has 0 saturated carbocycles. The molecule has 2 aromatic rings. The van der Waals surface area contributed by atoms with Crippen LogP contribution in [0.25, 0.3) is 11.3 Å². The standard InChI is InChI=1S/C13H11ClN4O2/c1-8(18-20)17-13(19)12-6-11(15-7-16-12)9-3-2-4-10(14)5-9/h2-7,20H,1H3,(H,17,18,19). The number of nitrogens with zero attached hydrogens (tertiary/aromatic N) is 3. The molecule has 6 nitrogen and oxygen atoms in total. The van der Waals surface area contributed by atoms with E-state index in [0.29, 0.717) is 10.7 Å². The van der Waals surface area contributed by atoms with Crippen LogP contribution in [0, 0.1) is 0 Å². The van der Waals surface area contributed by atoms with Gasteiger partial charge in [0.15, 0.2) is 0 Å². The number of aromatic nitrogens is 2. The molecular weight excluding hydrogens is 280 g/mol. The average Bonchev–Trinajstić information content (AvgIpc) is 2.47. The van der Waals surface area contributed by atoms with E-state index < -0.39 is 5.91 Å². The second-order valence-corrected chi connectivity index (χ2v) is 4.37. The molecule has 1 aromatic carbocycles. The first kappa shape index (κ1) is 14.0. The maximum Gasteiger partial charge on any atom is 0.275 e. The Labute approximate surface area is 120 Å². The predicted molar refractivity (Wildman–Crippen MR) is 74.8 cm³/mol. The fraction of sp³-hybridized carbons (Fsp3) is 0.0769. The highest BCUT2D eigenvalue weighted by atomic mass is 35.5. The number of oxime groups is 1. The van der Waals surface area contributed by atoms with Gasteiger partial charge in [-0.3, -0.25) is 4.79 Å². The van der Waals surface area contributed by atoms with Crippen molar-refractivity contribution >= 4 is 23.3 Å². The molecule has 0 unspecified atom stereocenters. The van der Waals surface area contributed by atoms with Crippen molar-refractivity contribution in [2.45, 2.75) is 6.92 Å². The van der Waals surface area contributed by atoms with Crippen molar-refractivity contribution in [3.05, 3.63) is 47.4 Å². The van der Waals surface area contributed by atoms with Gasteiger partial charge in [-0.2, -0.15) is 0 Å². The average molecular weight is 291 g/mol. The largest absolute Gasteiger partial charge is 0.409 e. The molecule has 0 atom stereocenters. The number of amides is 1. The van der Waals surface area contributed by atoms with Gasteiger partial charge >= 0.3 is 0 Å². The van der Waals surface area contributed by atoms with Crippen molar-refractivity contribution in [2.75, 3.05) is 0 Å². The predicted octanol–water partition coefficient (Wildman–Crippen LogP) is 2.33. The van der Waals surface area contributed by atoms with Crippen LogP contribution >= 0.6 is 11.6 Å². The third kappa shape index (κ3) is 3.30. The Kier molecular flexibility index (Phi) is 4.27. The second-order valence-electron chi connectivity index (χ2n) is 3.94. The Hall–Kier alpha value is -2.47. The fourth-order valence-electron chi connectivity index (χ4n) is 1.54. The molecule has 1 aromatic heterocycles. The zero-order chi connectivity index (χ0) is 14.5. The quantitative estimate of drug-likeness (QED) is 0.384. The van der Waals surface area contributed by atoms with Crippen molar-refractivity contribution in [2.24, 2.45) is 5.16 Å². The van der Waals surface area contributed by atoms with Gasteiger partial charge in [-0.1, -0.05) is 28.9 Å². The molecule has 0 spiro atoms. The number of amidine groups is 1. The molecule has 1 amide bonds. The van der Waals surface area contributed by atoms with E-state index in [1.807, 2.05) is 6.07 Å². The minimum absolute atomic E-state index is 0.0814. The maximum atomic E-state index is 11.8. The van der Waals surface area contributed by atoms with E-state index in [0.717, 1.165) is 5.56 Å². The van der Waals surface area contributed by atoms with E-state index >= 15 is 0 Å². The molecule has 0 aliphatic carbocycles. The highest BCUT2D eigenvalue weighted by molar-refractivity contribution is 6.30. The number of hydrogen-bond donors (Lipinski definition) is 2. The zero-order valence-corrected chi connectivity index (χ0v) is 11.3. The van der Waals surface area contributed by atoms with Crippen LogP contribution in [0.5, 0.6) is 0 Å². The highest BCUT2D eigenvalue weighted by Crippen LogP contribution is 2.20. The van der Waals surface area contributed by atoms with Crippen molar-refractivity contribution < 1.29 is 10.0 Å². The molecule has 1 heterocycles. The Balaban J connectivity index is 2.31. The molecule has 0 saturated heterocycles. The highest BCUT2D eigenvalue weighted by Gasteiger charge is 2.10. The number of carbonyl (C=O) groups is 1. The van der Waals surface area contributed by atoms with Gasteiger partial charge in [0, 0.05) is 10.6 Å². The third-order valence-corrected chi connectivity index (χ3v) is 2.70. The van der Waals surface area contributed by atoms with Crippen LogP contribution in [0.1, 0.15) is 17.4 Å². The lowest BCUT2D eigenvalue weighted by Gasteiger charge is -2.05. The summed E-state index contributed by atoms with van der Waals surface area (Å²) in [6, 6.07) is 8.65. The smallest absolute Gasteiger partial charge is 0.275 e.